The minimum atomic E-state index is -4.35. The molecule has 12 heteroatoms. The van der Waals surface area contributed by atoms with Crippen molar-refractivity contribution in [2.75, 3.05) is 31.1 Å². The SMILES string of the molecule is FC(F)(F)c1cccc(N2CCN(Cn3nc(CSc4nc5ccccc5s4)n(-c4ccccc4)c3=S)CC2)c1. The number of rotatable bonds is 7. The molecule has 40 heavy (non-hydrogen) atoms. The van der Waals surface area contributed by atoms with E-state index in [2.05, 4.69) is 11.0 Å². The molecule has 6 nitrogen and oxygen atoms in total. The first-order valence-corrected chi connectivity index (χ1v) is 14.9. The zero-order valence-corrected chi connectivity index (χ0v) is 23.7. The van der Waals surface area contributed by atoms with Crippen molar-refractivity contribution in [1.29, 1.82) is 0 Å². The third-order valence-electron chi connectivity index (χ3n) is 6.76. The van der Waals surface area contributed by atoms with Gasteiger partial charge in [-0.3, -0.25) is 9.47 Å². The van der Waals surface area contributed by atoms with Crippen LogP contribution in [0.5, 0.6) is 0 Å². The van der Waals surface area contributed by atoms with Crippen molar-refractivity contribution in [3.05, 3.63) is 95.0 Å². The van der Waals surface area contributed by atoms with E-state index in [1.807, 2.05) is 62.7 Å². The van der Waals surface area contributed by atoms with Crippen LogP contribution in [0, 0.1) is 4.77 Å². The van der Waals surface area contributed by atoms with E-state index in [0.29, 0.717) is 49.1 Å². The van der Waals surface area contributed by atoms with E-state index in [0.717, 1.165) is 32.1 Å². The normalized spacial score (nSPS) is 14.7. The van der Waals surface area contributed by atoms with Gasteiger partial charge in [-0.2, -0.15) is 18.3 Å². The Morgan fingerprint density at radius 2 is 1.60 bits per heavy atom. The summed E-state index contributed by atoms with van der Waals surface area (Å²) in [6.45, 7) is 3.12. The Labute approximate surface area is 242 Å². The highest BCUT2D eigenvalue weighted by atomic mass is 32.2. The van der Waals surface area contributed by atoms with Gasteiger partial charge in [0.15, 0.2) is 4.34 Å². The zero-order chi connectivity index (χ0) is 27.7. The molecule has 0 saturated carbocycles. The maximum Gasteiger partial charge on any atom is 0.416 e. The first-order valence-electron chi connectivity index (χ1n) is 12.7. The number of fused-ring (bicyclic) bond motifs is 1. The van der Waals surface area contributed by atoms with E-state index in [1.54, 1.807) is 29.2 Å². The van der Waals surface area contributed by atoms with E-state index >= 15 is 0 Å². The monoisotopic (exact) mass is 598 g/mol. The van der Waals surface area contributed by atoms with E-state index in [-0.39, 0.29) is 0 Å². The number of thioether (sulfide) groups is 1. The van der Waals surface area contributed by atoms with Crippen molar-refractivity contribution >= 4 is 51.2 Å². The third kappa shape index (κ3) is 5.80. The van der Waals surface area contributed by atoms with Gasteiger partial charge in [0.2, 0.25) is 4.77 Å². The number of benzene rings is 3. The minimum Gasteiger partial charge on any atom is -0.369 e. The molecule has 0 unspecified atom stereocenters. The highest BCUT2D eigenvalue weighted by molar-refractivity contribution is 8.00. The third-order valence-corrected chi connectivity index (χ3v) is 9.33. The summed E-state index contributed by atoms with van der Waals surface area (Å²) in [6.07, 6.45) is -4.35. The van der Waals surface area contributed by atoms with Gasteiger partial charge in [-0.25, -0.2) is 9.67 Å². The second-order valence-corrected chi connectivity index (χ2v) is 12.0. The van der Waals surface area contributed by atoms with Crippen LogP contribution in [-0.4, -0.2) is 50.4 Å². The highest BCUT2D eigenvalue weighted by Gasteiger charge is 2.31. The van der Waals surface area contributed by atoms with Crippen LogP contribution in [0.25, 0.3) is 15.9 Å². The first kappa shape index (κ1) is 27.0. The van der Waals surface area contributed by atoms with Crippen LogP contribution >= 0.6 is 35.3 Å². The second kappa shape index (κ2) is 11.4. The van der Waals surface area contributed by atoms with Crippen LogP contribution in [0.2, 0.25) is 0 Å². The molecule has 0 amide bonds. The van der Waals surface area contributed by atoms with E-state index in [4.69, 9.17) is 22.3 Å². The quantitative estimate of drug-likeness (QED) is 0.147. The van der Waals surface area contributed by atoms with Crippen LogP contribution in [0.15, 0.2) is 83.2 Å². The predicted molar refractivity (Wildman–Crippen MR) is 157 cm³/mol. The number of hydrogen-bond acceptors (Lipinski definition) is 7. The van der Waals surface area contributed by atoms with Crippen LogP contribution in [0.3, 0.4) is 0 Å². The fourth-order valence-electron chi connectivity index (χ4n) is 4.73. The van der Waals surface area contributed by atoms with Crippen LogP contribution < -0.4 is 4.90 Å². The van der Waals surface area contributed by atoms with Crippen molar-refractivity contribution in [3.8, 4) is 5.69 Å². The van der Waals surface area contributed by atoms with Gasteiger partial charge in [0.1, 0.15) is 5.82 Å². The van der Waals surface area contributed by atoms with Crippen LogP contribution in [-0.2, 0) is 18.6 Å². The van der Waals surface area contributed by atoms with Gasteiger partial charge in [0.05, 0.1) is 28.2 Å². The number of para-hydroxylation sites is 2. The van der Waals surface area contributed by atoms with Crippen molar-refractivity contribution in [1.82, 2.24) is 24.2 Å². The number of thiazole rings is 1. The lowest BCUT2D eigenvalue weighted by molar-refractivity contribution is -0.137. The Morgan fingerprint density at radius 3 is 2.35 bits per heavy atom. The summed E-state index contributed by atoms with van der Waals surface area (Å²) < 4.78 is 46.1. The number of halogens is 3. The zero-order valence-electron chi connectivity index (χ0n) is 21.3. The van der Waals surface area contributed by atoms with E-state index in [1.165, 1.54) is 12.1 Å². The van der Waals surface area contributed by atoms with Gasteiger partial charge in [0, 0.05) is 37.6 Å². The van der Waals surface area contributed by atoms with Crippen molar-refractivity contribution in [3.63, 3.8) is 0 Å². The average molecular weight is 599 g/mol. The number of alkyl halides is 3. The van der Waals surface area contributed by atoms with Crippen molar-refractivity contribution in [2.24, 2.45) is 0 Å². The maximum atomic E-state index is 13.2. The summed E-state index contributed by atoms with van der Waals surface area (Å²) in [5, 5.41) is 4.92. The minimum absolute atomic E-state index is 0.508. The van der Waals surface area contributed by atoms with Gasteiger partial charge in [-0.15, -0.1) is 11.3 Å². The van der Waals surface area contributed by atoms with E-state index < -0.39 is 11.7 Å². The van der Waals surface area contributed by atoms with Crippen molar-refractivity contribution < 1.29 is 13.2 Å². The predicted octanol–water partition coefficient (Wildman–Crippen LogP) is 7.10. The summed E-state index contributed by atoms with van der Waals surface area (Å²) in [4.78, 5) is 8.96. The summed E-state index contributed by atoms with van der Waals surface area (Å²) >= 11 is 9.20. The molecule has 5 aromatic rings. The molecule has 1 aliphatic heterocycles. The largest absolute Gasteiger partial charge is 0.416 e. The fourth-order valence-corrected chi connectivity index (χ4v) is 7.02. The fraction of sp³-hybridized carbons (Fsp3) is 0.250. The summed E-state index contributed by atoms with van der Waals surface area (Å²) in [5.41, 5.74) is 1.91. The van der Waals surface area contributed by atoms with Crippen LogP contribution in [0.1, 0.15) is 11.4 Å². The topological polar surface area (TPSA) is 42.1 Å². The van der Waals surface area contributed by atoms with Crippen molar-refractivity contribution in [2.45, 2.75) is 22.9 Å². The molecule has 3 aromatic carbocycles. The molecule has 0 spiro atoms. The number of piperazine rings is 1. The molecule has 0 bridgehead atoms. The summed E-state index contributed by atoms with van der Waals surface area (Å²) in [5.74, 6) is 1.44. The Bertz CT molecular complexity index is 1640. The van der Waals surface area contributed by atoms with E-state index in [9.17, 15) is 13.2 Å². The molecule has 0 radical (unpaired) electrons. The standard InChI is InChI=1S/C28H25F3N6S3/c29-28(30,31)20-7-6-10-22(17-20)35-15-13-34(14-16-35)19-36-27(38)37(21-8-2-1-3-9-21)25(33-36)18-39-26-32-23-11-4-5-12-24(23)40-26/h1-12,17H,13-16,18-19H2. The molecule has 1 aliphatic rings. The molecule has 2 aromatic heterocycles. The smallest absolute Gasteiger partial charge is 0.369 e. The van der Waals surface area contributed by atoms with Crippen LogP contribution in [0.4, 0.5) is 18.9 Å². The second-order valence-electron chi connectivity index (χ2n) is 9.40. The number of anilines is 1. The number of nitrogens with zero attached hydrogens (tertiary/aromatic N) is 6. The first-order chi connectivity index (χ1) is 19.3. The molecule has 6 rings (SSSR count). The summed E-state index contributed by atoms with van der Waals surface area (Å²) in [7, 11) is 0. The number of hydrogen-bond donors (Lipinski definition) is 0. The Kier molecular flexibility index (Phi) is 7.67. The lowest BCUT2D eigenvalue weighted by Gasteiger charge is -2.36. The van der Waals surface area contributed by atoms with Gasteiger partial charge < -0.3 is 4.90 Å². The molecule has 0 N–H and O–H groups in total. The number of aromatic nitrogens is 4. The summed E-state index contributed by atoms with van der Waals surface area (Å²) in [6, 6.07) is 23.6. The van der Waals surface area contributed by atoms with Gasteiger partial charge in [-0.05, 0) is 54.7 Å². The van der Waals surface area contributed by atoms with Gasteiger partial charge >= 0.3 is 6.18 Å². The maximum absolute atomic E-state index is 13.2. The molecule has 1 saturated heterocycles. The molecular formula is C28H25F3N6S3. The molecular weight excluding hydrogens is 574 g/mol. The van der Waals surface area contributed by atoms with Gasteiger partial charge in [-0.1, -0.05) is 48.2 Å². The highest BCUT2D eigenvalue weighted by Crippen LogP contribution is 2.33. The Hall–Kier alpha value is -3.19. The average Bonchev–Trinajstić information content (AvgIpc) is 3.52. The molecule has 0 aliphatic carbocycles. The van der Waals surface area contributed by atoms with Gasteiger partial charge in [0.25, 0.3) is 0 Å². The Balaban J connectivity index is 1.18. The lowest BCUT2D eigenvalue weighted by Crippen LogP contribution is -2.47. The molecule has 1 fully saturated rings. The molecule has 3 heterocycles. The molecule has 206 valence electrons. The molecule has 0 atom stereocenters. The lowest BCUT2D eigenvalue weighted by atomic mass is 10.1. The Morgan fingerprint density at radius 1 is 0.875 bits per heavy atom.